The zero-order valence-corrected chi connectivity index (χ0v) is 16.4. The van der Waals surface area contributed by atoms with Crippen molar-refractivity contribution in [1.82, 2.24) is 4.90 Å². The molecule has 2 aliphatic heterocycles. The van der Waals surface area contributed by atoms with Crippen molar-refractivity contribution < 1.29 is 14.3 Å². The summed E-state index contributed by atoms with van der Waals surface area (Å²) in [5, 5.41) is 0. The lowest BCUT2D eigenvalue weighted by Gasteiger charge is -2.33. The fourth-order valence-corrected chi connectivity index (χ4v) is 3.97. The molecule has 3 rings (SSSR count). The Morgan fingerprint density at radius 2 is 2.00 bits per heavy atom. The Hall–Kier alpha value is -1.92. The number of aryl methyl sites for hydroxylation is 1. The highest BCUT2D eigenvalue weighted by Crippen LogP contribution is 2.30. The molecule has 6 nitrogen and oxygen atoms in total. The number of benzene rings is 1. The van der Waals surface area contributed by atoms with Gasteiger partial charge in [0.2, 0.25) is 11.8 Å². The van der Waals surface area contributed by atoms with Gasteiger partial charge in [0, 0.05) is 38.3 Å². The quantitative estimate of drug-likeness (QED) is 0.774. The lowest BCUT2D eigenvalue weighted by atomic mass is 10.0. The highest BCUT2D eigenvalue weighted by Gasteiger charge is 2.38. The second-order valence-corrected chi connectivity index (χ2v) is 7.66. The molecule has 0 aromatic heterocycles. The van der Waals surface area contributed by atoms with E-state index >= 15 is 0 Å². The van der Waals surface area contributed by atoms with E-state index in [1.807, 2.05) is 36.9 Å². The van der Waals surface area contributed by atoms with Gasteiger partial charge < -0.3 is 20.3 Å². The van der Waals surface area contributed by atoms with E-state index in [2.05, 4.69) is 0 Å². The molecule has 148 valence electrons. The Balaban J connectivity index is 1.56. The maximum Gasteiger partial charge on any atom is 0.228 e. The predicted octanol–water partition coefficient (Wildman–Crippen LogP) is 2.01. The Kier molecular flexibility index (Phi) is 6.50. The number of ether oxygens (including phenoxy) is 1. The number of nitrogens with zero attached hydrogens (tertiary/aromatic N) is 2. The monoisotopic (exact) mass is 373 g/mol. The lowest BCUT2D eigenvalue weighted by molar-refractivity contribution is -0.138. The summed E-state index contributed by atoms with van der Waals surface area (Å²) in [5.41, 5.74) is 8.69. The van der Waals surface area contributed by atoms with Gasteiger partial charge in [0.05, 0.1) is 12.0 Å². The number of carbonyl (C=O) groups is 2. The van der Waals surface area contributed by atoms with Crippen molar-refractivity contribution in [3.63, 3.8) is 0 Å². The summed E-state index contributed by atoms with van der Waals surface area (Å²) < 4.78 is 5.81. The average Bonchev–Trinajstić information content (AvgIpc) is 3.06. The molecule has 2 heterocycles. The van der Waals surface area contributed by atoms with Crippen LogP contribution in [0.3, 0.4) is 0 Å². The van der Waals surface area contributed by atoms with Gasteiger partial charge in [-0.15, -0.1) is 0 Å². The SMILES string of the molecule is Cc1cccc(N2C[C@@H](C(=O)N3CCC(OCCCN)CC3)CC2=O)c1C. The van der Waals surface area contributed by atoms with Crippen molar-refractivity contribution in [3.8, 4) is 0 Å². The van der Waals surface area contributed by atoms with Crippen LogP contribution < -0.4 is 10.6 Å². The van der Waals surface area contributed by atoms with Gasteiger partial charge in [-0.2, -0.15) is 0 Å². The van der Waals surface area contributed by atoms with Crippen LogP contribution in [0.5, 0.6) is 0 Å². The van der Waals surface area contributed by atoms with Crippen LogP contribution in [0.2, 0.25) is 0 Å². The maximum atomic E-state index is 12.9. The van der Waals surface area contributed by atoms with Crippen LogP contribution in [-0.2, 0) is 14.3 Å². The minimum absolute atomic E-state index is 0.0436. The third-order valence-corrected chi connectivity index (χ3v) is 5.80. The molecular weight excluding hydrogens is 342 g/mol. The highest BCUT2D eigenvalue weighted by molar-refractivity contribution is 6.00. The summed E-state index contributed by atoms with van der Waals surface area (Å²) in [4.78, 5) is 29.2. The number of carbonyl (C=O) groups excluding carboxylic acids is 2. The van der Waals surface area contributed by atoms with Gasteiger partial charge >= 0.3 is 0 Å². The Morgan fingerprint density at radius 1 is 1.26 bits per heavy atom. The van der Waals surface area contributed by atoms with Gasteiger partial charge in [0.15, 0.2) is 0 Å². The predicted molar refractivity (Wildman–Crippen MR) is 106 cm³/mol. The Morgan fingerprint density at radius 3 is 2.70 bits per heavy atom. The van der Waals surface area contributed by atoms with E-state index in [-0.39, 0.29) is 23.8 Å². The van der Waals surface area contributed by atoms with Crippen molar-refractivity contribution in [2.24, 2.45) is 11.7 Å². The number of amides is 2. The molecule has 1 atom stereocenters. The fourth-order valence-electron chi connectivity index (χ4n) is 3.97. The standard InChI is InChI=1S/C21H31N3O3/c1-15-5-3-6-19(16(15)2)24-14-17(13-20(24)25)21(26)23-10-7-18(8-11-23)27-12-4-9-22/h3,5-6,17-18H,4,7-14,22H2,1-2H3/t17-/m0/s1. The maximum absolute atomic E-state index is 12.9. The van der Waals surface area contributed by atoms with Crippen LogP contribution in [0.15, 0.2) is 18.2 Å². The second kappa shape index (κ2) is 8.85. The lowest BCUT2D eigenvalue weighted by Crippen LogP contribution is -2.44. The second-order valence-electron chi connectivity index (χ2n) is 7.66. The number of nitrogens with two attached hydrogens (primary N) is 1. The normalized spacial score (nSPS) is 21.1. The third kappa shape index (κ3) is 4.50. The van der Waals surface area contributed by atoms with E-state index in [1.54, 1.807) is 4.90 Å². The molecule has 2 fully saturated rings. The summed E-state index contributed by atoms with van der Waals surface area (Å²) in [5.74, 6) is -0.0919. The number of piperidine rings is 1. The van der Waals surface area contributed by atoms with E-state index in [4.69, 9.17) is 10.5 Å². The third-order valence-electron chi connectivity index (χ3n) is 5.80. The van der Waals surface area contributed by atoms with E-state index in [0.29, 0.717) is 39.2 Å². The summed E-state index contributed by atoms with van der Waals surface area (Å²) in [6.45, 7) is 7.31. The summed E-state index contributed by atoms with van der Waals surface area (Å²) >= 11 is 0. The molecule has 1 aromatic carbocycles. The molecule has 0 unspecified atom stereocenters. The van der Waals surface area contributed by atoms with Gasteiger partial charge in [0.25, 0.3) is 0 Å². The zero-order chi connectivity index (χ0) is 19.4. The molecule has 0 spiro atoms. The van der Waals surface area contributed by atoms with Crippen LogP contribution in [-0.4, -0.2) is 55.6 Å². The van der Waals surface area contributed by atoms with Crippen molar-refractivity contribution >= 4 is 17.5 Å². The van der Waals surface area contributed by atoms with Gasteiger partial charge in [0.1, 0.15) is 0 Å². The number of likely N-dealkylation sites (tertiary alicyclic amines) is 1. The first kappa shape index (κ1) is 19.8. The average molecular weight is 373 g/mol. The first-order valence-corrected chi connectivity index (χ1v) is 9.98. The van der Waals surface area contributed by atoms with E-state index in [0.717, 1.165) is 36.1 Å². The van der Waals surface area contributed by atoms with Crippen molar-refractivity contribution in [3.05, 3.63) is 29.3 Å². The molecule has 0 aliphatic carbocycles. The van der Waals surface area contributed by atoms with E-state index in [1.165, 1.54) is 0 Å². The van der Waals surface area contributed by atoms with Crippen LogP contribution in [0.4, 0.5) is 5.69 Å². The summed E-state index contributed by atoms with van der Waals surface area (Å²) in [6.07, 6.45) is 3.11. The van der Waals surface area contributed by atoms with Gasteiger partial charge in [-0.1, -0.05) is 12.1 Å². The molecular formula is C21H31N3O3. The van der Waals surface area contributed by atoms with Gasteiger partial charge in [-0.05, 0) is 56.8 Å². The highest BCUT2D eigenvalue weighted by atomic mass is 16.5. The summed E-state index contributed by atoms with van der Waals surface area (Å²) in [7, 11) is 0. The van der Waals surface area contributed by atoms with Crippen molar-refractivity contribution in [2.45, 2.75) is 45.6 Å². The van der Waals surface area contributed by atoms with Crippen LogP contribution >= 0.6 is 0 Å². The first-order valence-electron chi connectivity index (χ1n) is 9.98. The van der Waals surface area contributed by atoms with Gasteiger partial charge in [-0.3, -0.25) is 9.59 Å². The Labute approximate surface area is 161 Å². The first-order chi connectivity index (χ1) is 13.0. The molecule has 0 saturated carbocycles. The number of hydrogen-bond donors (Lipinski definition) is 1. The zero-order valence-electron chi connectivity index (χ0n) is 16.4. The topological polar surface area (TPSA) is 75.9 Å². The number of anilines is 1. The molecule has 2 amide bonds. The van der Waals surface area contributed by atoms with Crippen LogP contribution in [0.25, 0.3) is 0 Å². The minimum atomic E-state index is -0.243. The molecule has 0 bridgehead atoms. The molecule has 2 saturated heterocycles. The Bertz CT molecular complexity index is 683. The molecule has 6 heteroatoms. The molecule has 2 aliphatic rings. The van der Waals surface area contributed by atoms with Crippen molar-refractivity contribution in [1.29, 1.82) is 0 Å². The molecule has 27 heavy (non-hydrogen) atoms. The molecule has 1 aromatic rings. The minimum Gasteiger partial charge on any atom is -0.378 e. The van der Waals surface area contributed by atoms with Crippen LogP contribution in [0, 0.1) is 19.8 Å². The largest absolute Gasteiger partial charge is 0.378 e. The van der Waals surface area contributed by atoms with Gasteiger partial charge in [-0.25, -0.2) is 0 Å². The number of rotatable bonds is 6. The van der Waals surface area contributed by atoms with E-state index < -0.39 is 0 Å². The molecule has 0 radical (unpaired) electrons. The number of hydrogen-bond acceptors (Lipinski definition) is 4. The van der Waals surface area contributed by atoms with Crippen LogP contribution in [0.1, 0.15) is 36.8 Å². The fraction of sp³-hybridized carbons (Fsp3) is 0.619. The molecule has 2 N–H and O–H groups in total. The summed E-state index contributed by atoms with van der Waals surface area (Å²) in [6, 6.07) is 5.98. The smallest absolute Gasteiger partial charge is 0.228 e. The van der Waals surface area contributed by atoms with E-state index in [9.17, 15) is 9.59 Å². The van der Waals surface area contributed by atoms with Crippen molar-refractivity contribution in [2.75, 3.05) is 37.7 Å².